The maximum absolute atomic E-state index is 8.03. The highest BCUT2D eigenvalue weighted by Gasteiger charge is 2.25. The second-order valence-corrected chi connectivity index (χ2v) is 34.2. The van der Waals surface area contributed by atoms with Gasteiger partial charge in [0.2, 0.25) is 0 Å². The van der Waals surface area contributed by atoms with Gasteiger partial charge in [-0.1, -0.05) is 414 Å². The molecule has 5 heteroatoms. The number of nitrogens with zero attached hydrogens (tertiary/aromatic N) is 4. The first kappa shape index (κ1) is 80.1. The second kappa shape index (κ2) is 34.3. The van der Waals surface area contributed by atoms with E-state index in [2.05, 4.69) is 447 Å². The number of hydrogen-bond donors (Lipinski definition) is 1. The number of nitrogens with one attached hydrogen (secondary N) is 1. The van der Waals surface area contributed by atoms with Crippen LogP contribution >= 0.6 is 0 Å². The Morgan fingerprint density at radius 3 is 0.932 bits per heavy atom. The molecule has 624 valence electrons. The van der Waals surface area contributed by atoms with Crippen molar-refractivity contribution in [3.8, 4) is 106 Å². The Labute approximate surface area is 771 Å². The number of fused-ring (bicyclic) bond motifs is 12. The van der Waals surface area contributed by atoms with Gasteiger partial charge in [-0.3, -0.25) is 9.13 Å². The van der Waals surface area contributed by atoms with Gasteiger partial charge in [-0.2, -0.15) is 0 Å². The third kappa shape index (κ3) is 14.6. The zero-order valence-electron chi connectivity index (χ0n) is 73.3. The van der Waals surface area contributed by atoms with E-state index in [-0.39, 0.29) is 0 Å². The molecule has 0 aliphatic rings. The lowest BCUT2D eigenvalue weighted by atomic mass is 9.84. The van der Waals surface area contributed by atoms with E-state index in [0.29, 0.717) is 5.71 Å². The number of para-hydroxylation sites is 4. The van der Waals surface area contributed by atoms with Crippen LogP contribution in [0.5, 0.6) is 0 Å². The summed E-state index contributed by atoms with van der Waals surface area (Å²) >= 11 is 0. The summed E-state index contributed by atoms with van der Waals surface area (Å²) in [5.41, 5.74) is 26.9. The molecule has 0 aliphatic heterocycles. The summed E-state index contributed by atoms with van der Waals surface area (Å²) in [5.74, 6) is 1.82. The fourth-order valence-electron chi connectivity index (χ4n) is 20.2. The van der Waals surface area contributed by atoms with Gasteiger partial charge < -0.3 is 5.41 Å². The van der Waals surface area contributed by atoms with Gasteiger partial charge in [0.15, 0.2) is 0 Å². The van der Waals surface area contributed by atoms with E-state index in [0.717, 1.165) is 67.4 Å². The van der Waals surface area contributed by atoms with Crippen molar-refractivity contribution in [2.45, 2.75) is 6.92 Å². The Hall–Kier alpha value is -17.5. The van der Waals surface area contributed by atoms with Crippen molar-refractivity contribution in [2.24, 2.45) is 0 Å². The van der Waals surface area contributed by atoms with E-state index in [4.69, 9.17) is 15.4 Å². The van der Waals surface area contributed by atoms with E-state index in [9.17, 15) is 0 Å². The largest absolute Gasteiger partial charge is 0.305 e. The fraction of sp³-hybridized carbons (Fsp3) is 0.00781. The predicted octanol–water partition coefficient (Wildman–Crippen LogP) is 34.9. The SMILES string of the molecule is C=C/C=C(\C=C)n1c(-c2ccc(-c3c4ccccc4c(-c4ccc5ccccc5c4)c4ccccc34)cc2)nc2ccccc21.CC(=N)c1ccc(-c2ccc3c(-c4ccc5ccccc5c4)c4ccccc4c(-c4ccc5ccccc5c4)c3c2)cc1.c1ccc(-c2nc3ccccc3n2-c2ccc(-c3c4ccccc4c(-c4ccc5ccccc5c4)c4ccccc34)cc2)cc1. The van der Waals surface area contributed by atoms with Gasteiger partial charge in [0.05, 0.1) is 22.1 Å². The summed E-state index contributed by atoms with van der Waals surface area (Å²) < 4.78 is 4.43. The summed E-state index contributed by atoms with van der Waals surface area (Å²) in [6, 6.07) is 166. The molecule has 23 aromatic carbocycles. The molecule has 0 saturated heterocycles. The smallest absolute Gasteiger partial charge is 0.145 e. The number of imidazole rings is 2. The van der Waals surface area contributed by atoms with Crippen LogP contribution in [-0.4, -0.2) is 24.8 Å². The van der Waals surface area contributed by atoms with Gasteiger partial charge in [-0.15, -0.1) is 0 Å². The average molecular weight is 1700 g/mol. The molecule has 0 radical (unpaired) electrons. The first-order chi connectivity index (χ1) is 65.7. The normalized spacial score (nSPS) is 11.6. The molecule has 0 bridgehead atoms. The maximum atomic E-state index is 8.03. The van der Waals surface area contributed by atoms with Crippen molar-refractivity contribution < 1.29 is 0 Å². The van der Waals surface area contributed by atoms with Gasteiger partial charge in [-0.05, 0) is 277 Å². The standard InChI is InChI=1S/C43H28N2.C43H30N2.C42H29N/c1-2-13-31(14-3-1)43-44-39-20-10-11-21-40(39)45(43)34-26-24-30(25-27-34)41-35-16-6-8-18-37(35)42(38-19-9-7-17-36(38)41)33-23-22-29-12-4-5-15-32(29)28-33;1-3-13-34(4-2)45-40-21-12-11-20-39(40)44-43(45)31-25-23-30(24-26-31)41-35-16-7-9-18-37(35)42(38-19-10-8-17-36(38)41)33-27-22-29-14-5-6-15-32(29)28-33;1-27(43)28-14-16-31(17-15-28)34-22-23-39-40(26-34)42(36-21-19-30-9-3-5-11-33(30)25-36)38-13-7-6-12-37(38)41(39)35-20-18-29-8-2-4-10-32(29)24-35/h1-28H;3-28H,1-2H2;2-26,43H,1H3/b;34-13+;. The number of benzene rings is 23. The lowest BCUT2D eigenvalue weighted by molar-refractivity contribution is 1.10. The lowest BCUT2D eigenvalue weighted by Gasteiger charge is -2.19. The molecule has 25 aromatic rings. The van der Waals surface area contributed by atoms with Crippen LogP contribution < -0.4 is 0 Å². The van der Waals surface area contributed by atoms with Crippen LogP contribution in [0.25, 0.3) is 242 Å². The van der Waals surface area contributed by atoms with Crippen LogP contribution in [0.4, 0.5) is 0 Å². The van der Waals surface area contributed by atoms with E-state index in [1.165, 1.54) is 180 Å². The summed E-state index contributed by atoms with van der Waals surface area (Å²) in [7, 11) is 0. The second-order valence-electron chi connectivity index (χ2n) is 34.2. The zero-order chi connectivity index (χ0) is 89.0. The molecule has 0 spiro atoms. The topological polar surface area (TPSA) is 59.5 Å². The van der Waals surface area contributed by atoms with Crippen LogP contribution in [0.1, 0.15) is 12.5 Å². The molecule has 133 heavy (non-hydrogen) atoms. The van der Waals surface area contributed by atoms with Crippen molar-refractivity contribution in [1.29, 1.82) is 5.41 Å². The highest BCUT2D eigenvalue weighted by Crippen LogP contribution is 2.50. The first-order valence-corrected chi connectivity index (χ1v) is 45.4. The summed E-state index contributed by atoms with van der Waals surface area (Å²) in [6.07, 6.45) is 5.61. The Morgan fingerprint density at radius 1 is 0.241 bits per heavy atom. The van der Waals surface area contributed by atoms with Gasteiger partial charge >= 0.3 is 0 Å². The van der Waals surface area contributed by atoms with Gasteiger partial charge in [0.25, 0.3) is 0 Å². The number of hydrogen-bond acceptors (Lipinski definition) is 3. The number of allylic oxidation sites excluding steroid dienone is 4. The Morgan fingerprint density at radius 2 is 0.534 bits per heavy atom. The van der Waals surface area contributed by atoms with Crippen molar-refractivity contribution in [3.63, 3.8) is 0 Å². The minimum absolute atomic E-state index is 0.579. The molecule has 0 aliphatic carbocycles. The van der Waals surface area contributed by atoms with Crippen molar-refractivity contribution in [1.82, 2.24) is 19.1 Å². The third-order valence-electron chi connectivity index (χ3n) is 26.4. The molecule has 0 unspecified atom stereocenters. The molecule has 25 rings (SSSR count). The van der Waals surface area contributed by atoms with Crippen LogP contribution in [0, 0.1) is 5.41 Å². The van der Waals surface area contributed by atoms with Gasteiger partial charge in [0.1, 0.15) is 11.6 Å². The van der Waals surface area contributed by atoms with Crippen LogP contribution in [0.2, 0.25) is 0 Å². The van der Waals surface area contributed by atoms with Crippen molar-refractivity contribution in [2.75, 3.05) is 0 Å². The van der Waals surface area contributed by atoms with Gasteiger partial charge in [-0.25, -0.2) is 9.97 Å². The van der Waals surface area contributed by atoms with E-state index in [1.54, 1.807) is 6.08 Å². The minimum Gasteiger partial charge on any atom is -0.305 e. The van der Waals surface area contributed by atoms with Crippen LogP contribution in [0.3, 0.4) is 0 Å². The zero-order valence-corrected chi connectivity index (χ0v) is 73.3. The summed E-state index contributed by atoms with van der Waals surface area (Å²) in [5, 5.41) is 33.0. The van der Waals surface area contributed by atoms with Crippen molar-refractivity contribution in [3.05, 3.63) is 498 Å². The van der Waals surface area contributed by atoms with Gasteiger partial charge in [0, 0.05) is 28.2 Å². The molecular formula is C128H87N5. The fourth-order valence-corrected chi connectivity index (χ4v) is 20.2. The Balaban J connectivity index is 0.000000113. The summed E-state index contributed by atoms with van der Waals surface area (Å²) in [4.78, 5) is 10.1. The Bertz CT molecular complexity index is 8880. The lowest BCUT2D eigenvalue weighted by Crippen LogP contribution is -1.98. The summed E-state index contributed by atoms with van der Waals surface area (Å²) in [6.45, 7) is 9.82. The number of rotatable bonds is 14. The molecule has 0 saturated carbocycles. The quantitative estimate of drug-likeness (QED) is 0.0670. The predicted molar refractivity (Wildman–Crippen MR) is 568 cm³/mol. The molecule has 0 fully saturated rings. The highest BCUT2D eigenvalue weighted by atomic mass is 15.1. The van der Waals surface area contributed by atoms with E-state index < -0.39 is 0 Å². The molecule has 5 nitrogen and oxygen atoms in total. The molecule has 1 N–H and O–H groups in total. The van der Waals surface area contributed by atoms with Crippen LogP contribution in [-0.2, 0) is 0 Å². The monoisotopic (exact) mass is 1690 g/mol. The average Bonchev–Trinajstić information content (AvgIpc) is 1.65. The van der Waals surface area contributed by atoms with E-state index >= 15 is 0 Å². The third-order valence-corrected chi connectivity index (χ3v) is 26.4. The van der Waals surface area contributed by atoms with Crippen LogP contribution in [0.15, 0.2) is 492 Å². The highest BCUT2D eigenvalue weighted by molar-refractivity contribution is 6.26. The molecule has 0 amide bonds. The molecule has 2 heterocycles. The molecule has 0 atom stereocenters. The molecular weight excluding hydrogens is 1610 g/mol. The van der Waals surface area contributed by atoms with E-state index in [1.807, 2.05) is 55.5 Å². The first-order valence-electron chi connectivity index (χ1n) is 45.4. The Kier molecular flexibility index (Phi) is 20.6. The number of aromatic nitrogens is 4. The van der Waals surface area contributed by atoms with Crippen molar-refractivity contribution >= 4 is 141 Å². The minimum atomic E-state index is 0.579. The maximum Gasteiger partial charge on any atom is 0.145 e. The molecule has 2 aromatic heterocycles.